The summed E-state index contributed by atoms with van der Waals surface area (Å²) in [6, 6.07) is 15.0. The van der Waals surface area contributed by atoms with Crippen LogP contribution in [0.2, 0.25) is 0 Å². The first-order chi connectivity index (χ1) is 10.3. The molecule has 0 amide bonds. The van der Waals surface area contributed by atoms with Crippen LogP contribution in [0.5, 0.6) is 0 Å². The van der Waals surface area contributed by atoms with Crippen LogP contribution in [0.15, 0.2) is 53.9 Å². The minimum atomic E-state index is -0.652. The van der Waals surface area contributed by atoms with Crippen molar-refractivity contribution in [3.8, 4) is 9.75 Å². The van der Waals surface area contributed by atoms with Crippen LogP contribution in [-0.2, 0) is 0 Å². The molecule has 1 aromatic carbocycles. The molecule has 3 aromatic rings. The van der Waals surface area contributed by atoms with Crippen molar-refractivity contribution in [3.63, 3.8) is 0 Å². The summed E-state index contributed by atoms with van der Waals surface area (Å²) < 4.78 is 0. The Hall–Kier alpha value is -2.04. The number of carbonyl (C=O) groups excluding carboxylic acids is 2. The van der Waals surface area contributed by atoms with Crippen molar-refractivity contribution in [1.29, 1.82) is 0 Å². The van der Waals surface area contributed by atoms with Crippen molar-refractivity contribution < 1.29 is 9.59 Å². The predicted octanol–water partition coefficient (Wildman–Crippen LogP) is 4.64. The molecular weight excluding hydrogens is 300 g/mol. The standard InChI is InChI=1S/C17H10O2S2/c18-16-10-4-1-2-5-11(10)17(19)15(16)14-8-7-13(21-14)12-6-3-9-20-12/h1-9,15H. The molecule has 0 spiro atoms. The van der Waals surface area contributed by atoms with E-state index in [1.807, 2.05) is 29.6 Å². The van der Waals surface area contributed by atoms with Crippen molar-refractivity contribution in [2.24, 2.45) is 0 Å². The number of carbonyl (C=O) groups is 2. The molecular formula is C17H10O2S2. The van der Waals surface area contributed by atoms with E-state index in [-0.39, 0.29) is 11.6 Å². The highest BCUT2D eigenvalue weighted by molar-refractivity contribution is 7.21. The Morgan fingerprint density at radius 3 is 2.10 bits per heavy atom. The fourth-order valence-electron chi connectivity index (χ4n) is 2.66. The summed E-state index contributed by atoms with van der Waals surface area (Å²) in [5, 5.41) is 2.02. The largest absolute Gasteiger partial charge is 0.293 e. The molecule has 4 rings (SSSR count). The van der Waals surface area contributed by atoms with Crippen LogP contribution in [0, 0.1) is 0 Å². The van der Waals surface area contributed by atoms with Crippen LogP contribution in [0.4, 0.5) is 0 Å². The quantitative estimate of drug-likeness (QED) is 0.646. The van der Waals surface area contributed by atoms with E-state index in [0.29, 0.717) is 11.1 Å². The average molecular weight is 310 g/mol. The number of ketones is 2. The molecule has 0 fully saturated rings. The van der Waals surface area contributed by atoms with Crippen LogP contribution < -0.4 is 0 Å². The lowest BCUT2D eigenvalue weighted by atomic mass is 10.0. The minimum Gasteiger partial charge on any atom is -0.293 e. The molecule has 1 aliphatic carbocycles. The number of fused-ring (bicyclic) bond motifs is 1. The topological polar surface area (TPSA) is 34.1 Å². The third-order valence-electron chi connectivity index (χ3n) is 3.66. The Labute approximate surface area is 129 Å². The Kier molecular flexibility index (Phi) is 2.87. The van der Waals surface area contributed by atoms with E-state index in [0.717, 1.165) is 9.75 Å². The van der Waals surface area contributed by atoms with Crippen LogP contribution in [0.25, 0.3) is 9.75 Å². The first-order valence-corrected chi connectivity index (χ1v) is 8.26. The van der Waals surface area contributed by atoms with Gasteiger partial charge in [0.2, 0.25) is 0 Å². The van der Waals surface area contributed by atoms with Gasteiger partial charge in [-0.15, -0.1) is 22.7 Å². The molecule has 0 saturated carbocycles. The number of hydrogen-bond donors (Lipinski definition) is 0. The Morgan fingerprint density at radius 2 is 1.48 bits per heavy atom. The maximum atomic E-state index is 12.5. The molecule has 102 valence electrons. The number of benzene rings is 1. The van der Waals surface area contributed by atoms with Crippen molar-refractivity contribution >= 4 is 34.2 Å². The molecule has 0 N–H and O–H groups in total. The molecule has 0 unspecified atom stereocenters. The Balaban J connectivity index is 1.76. The Morgan fingerprint density at radius 1 is 0.762 bits per heavy atom. The highest BCUT2D eigenvalue weighted by atomic mass is 32.1. The summed E-state index contributed by atoms with van der Waals surface area (Å²) in [5.41, 5.74) is 1.11. The number of hydrogen-bond acceptors (Lipinski definition) is 4. The number of thiophene rings is 2. The molecule has 0 saturated heterocycles. The van der Waals surface area contributed by atoms with Crippen LogP contribution in [0.3, 0.4) is 0 Å². The first kappa shape index (κ1) is 12.7. The SMILES string of the molecule is O=C1c2ccccc2C(=O)C1c1ccc(-c2cccs2)s1. The van der Waals surface area contributed by atoms with Gasteiger partial charge in [0.25, 0.3) is 0 Å². The predicted molar refractivity (Wildman–Crippen MR) is 85.5 cm³/mol. The van der Waals surface area contributed by atoms with E-state index in [1.165, 1.54) is 16.2 Å². The van der Waals surface area contributed by atoms with Gasteiger partial charge in [0.15, 0.2) is 11.6 Å². The first-order valence-electron chi connectivity index (χ1n) is 6.57. The van der Waals surface area contributed by atoms with E-state index < -0.39 is 5.92 Å². The smallest absolute Gasteiger partial charge is 0.179 e. The minimum absolute atomic E-state index is 0.0739. The monoisotopic (exact) mass is 310 g/mol. The van der Waals surface area contributed by atoms with E-state index in [9.17, 15) is 9.59 Å². The summed E-state index contributed by atoms with van der Waals surface area (Å²) >= 11 is 3.20. The third kappa shape index (κ3) is 1.91. The van der Waals surface area contributed by atoms with E-state index in [1.54, 1.807) is 35.6 Å². The van der Waals surface area contributed by atoms with Crippen LogP contribution >= 0.6 is 22.7 Å². The van der Waals surface area contributed by atoms with E-state index >= 15 is 0 Å². The molecule has 0 aliphatic heterocycles. The van der Waals surface area contributed by atoms with E-state index in [4.69, 9.17) is 0 Å². The second-order valence-corrected chi connectivity index (χ2v) is 6.95. The Bertz CT molecular complexity index is 808. The van der Waals surface area contributed by atoms with Gasteiger partial charge in [0.05, 0.1) is 0 Å². The normalized spacial score (nSPS) is 14.7. The lowest BCUT2D eigenvalue weighted by Gasteiger charge is -2.02. The fraction of sp³-hybridized carbons (Fsp3) is 0.0588. The van der Waals surface area contributed by atoms with Gasteiger partial charge in [-0.25, -0.2) is 0 Å². The molecule has 2 heterocycles. The molecule has 0 bridgehead atoms. The number of Topliss-reactive ketones (excluding diaryl/α,β-unsaturated/α-hetero) is 2. The zero-order valence-corrected chi connectivity index (χ0v) is 12.5. The summed E-state index contributed by atoms with van der Waals surface area (Å²) in [5.74, 6) is -0.800. The van der Waals surface area contributed by atoms with Gasteiger partial charge in [0.1, 0.15) is 5.92 Å². The van der Waals surface area contributed by atoms with Gasteiger partial charge in [-0.3, -0.25) is 9.59 Å². The average Bonchev–Trinajstić information content (AvgIpc) is 3.21. The molecule has 0 atom stereocenters. The molecule has 2 nitrogen and oxygen atoms in total. The van der Waals surface area contributed by atoms with Gasteiger partial charge in [-0.1, -0.05) is 30.3 Å². The van der Waals surface area contributed by atoms with Gasteiger partial charge in [-0.05, 0) is 23.6 Å². The zero-order valence-electron chi connectivity index (χ0n) is 10.9. The summed E-state index contributed by atoms with van der Waals surface area (Å²) in [4.78, 5) is 28.1. The van der Waals surface area contributed by atoms with Gasteiger partial charge in [-0.2, -0.15) is 0 Å². The van der Waals surface area contributed by atoms with Crippen molar-refractivity contribution in [2.45, 2.75) is 5.92 Å². The second kappa shape index (κ2) is 4.76. The van der Waals surface area contributed by atoms with Crippen molar-refractivity contribution in [1.82, 2.24) is 0 Å². The summed E-state index contributed by atoms with van der Waals surface area (Å²) in [6.07, 6.45) is 0. The highest BCUT2D eigenvalue weighted by Gasteiger charge is 2.40. The maximum Gasteiger partial charge on any atom is 0.179 e. The number of rotatable bonds is 2. The molecule has 21 heavy (non-hydrogen) atoms. The van der Waals surface area contributed by atoms with Crippen molar-refractivity contribution in [2.75, 3.05) is 0 Å². The molecule has 2 aromatic heterocycles. The van der Waals surface area contributed by atoms with Crippen molar-refractivity contribution in [3.05, 3.63) is 69.9 Å². The summed E-state index contributed by atoms with van der Waals surface area (Å²) in [6.45, 7) is 0. The zero-order chi connectivity index (χ0) is 14.4. The highest BCUT2D eigenvalue weighted by Crippen LogP contribution is 2.40. The molecule has 0 radical (unpaired) electrons. The third-order valence-corrected chi connectivity index (χ3v) is 5.87. The maximum absolute atomic E-state index is 12.5. The van der Waals surface area contributed by atoms with Crippen LogP contribution in [-0.4, -0.2) is 11.6 Å². The second-order valence-electron chi connectivity index (χ2n) is 4.89. The summed E-state index contributed by atoms with van der Waals surface area (Å²) in [7, 11) is 0. The van der Waals surface area contributed by atoms with Gasteiger partial charge in [0, 0.05) is 25.8 Å². The van der Waals surface area contributed by atoms with Gasteiger partial charge >= 0.3 is 0 Å². The lowest BCUT2D eigenvalue weighted by Crippen LogP contribution is -2.10. The lowest BCUT2D eigenvalue weighted by molar-refractivity contribution is 0.0892. The van der Waals surface area contributed by atoms with Crippen LogP contribution in [0.1, 0.15) is 31.5 Å². The fourth-order valence-corrected chi connectivity index (χ4v) is 4.60. The van der Waals surface area contributed by atoms with Gasteiger partial charge < -0.3 is 0 Å². The van der Waals surface area contributed by atoms with E-state index in [2.05, 4.69) is 0 Å². The molecule has 4 heteroatoms. The molecule has 1 aliphatic rings.